The normalized spacial score (nSPS) is 27.4. The van der Waals surface area contributed by atoms with E-state index in [9.17, 15) is 5.11 Å². The van der Waals surface area contributed by atoms with Gasteiger partial charge >= 0.3 is 0 Å². The maximum atomic E-state index is 10.2. The number of benzene rings is 1. The maximum Gasteiger partial charge on any atom is 0.0835 e. The van der Waals surface area contributed by atoms with Gasteiger partial charge < -0.3 is 9.84 Å². The smallest absolute Gasteiger partial charge is 0.0835 e. The van der Waals surface area contributed by atoms with Crippen LogP contribution in [0.1, 0.15) is 31.2 Å². The molecule has 2 rings (SSSR count). The fourth-order valence-corrected chi connectivity index (χ4v) is 2.50. The molecule has 0 bridgehead atoms. The Balaban J connectivity index is 1.96. The third-order valence-electron chi connectivity index (χ3n) is 3.59. The molecule has 1 saturated carbocycles. The van der Waals surface area contributed by atoms with Crippen LogP contribution in [0.2, 0.25) is 0 Å². The van der Waals surface area contributed by atoms with Gasteiger partial charge in [-0.3, -0.25) is 0 Å². The molecule has 88 valence electrons. The number of methoxy groups -OCH3 is 1. The van der Waals surface area contributed by atoms with Gasteiger partial charge in [0.05, 0.1) is 12.2 Å². The molecule has 0 radical (unpaired) electrons. The monoisotopic (exact) mass is 220 g/mol. The summed E-state index contributed by atoms with van der Waals surface area (Å²) in [6, 6.07) is 10.4. The number of rotatable bonds is 5. The van der Waals surface area contributed by atoms with Crippen molar-refractivity contribution in [1.29, 1.82) is 0 Å². The minimum atomic E-state index is -0.319. The van der Waals surface area contributed by atoms with Crippen LogP contribution in [0.15, 0.2) is 30.3 Å². The molecule has 0 amide bonds. The minimum Gasteiger partial charge on any atom is -0.390 e. The lowest BCUT2D eigenvalue weighted by atomic mass is 10.0. The zero-order valence-corrected chi connectivity index (χ0v) is 9.97. The second-order valence-electron chi connectivity index (χ2n) is 4.59. The van der Waals surface area contributed by atoms with Gasteiger partial charge in [0, 0.05) is 7.11 Å². The molecule has 4 unspecified atom stereocenters. The highest BCUT2D eigenvalue weighted by Crippen LogP contribution is 2.50. The Labute approximate surface area is 97.3 Å². The highest BCUT2D eigenvalue weighted by atomic mass is 16.5. The Hall–Kier alpha value is -0.860. The topological polar surface area (TPSA) is 29.5 Å². The Kier molecular flexibility index (Phi) is 3.62. The van der Waals surface area contributed by atoms with Crippen LogP contribution in [0.4, 0.5) is 0 Å². The van der Waals surface area contributed by atoms with Crippen LogP contribution < -0.4 is 0 Å². The molecular formula is C14H20O2. The Morgan fingerprint density at radius 2 is 2.06 bits per heavy atom. The van der Waals surface area contributed by atoms with Gasteiger partial charge in [-0.2, -0.15) is 0 Å². The average Bonchev–Trinajstić information content (AvgIpc) is 3.11. The average molecular weight is 220 g/mol. The summed E-state index contributed by atoms with van der Waals surface area (Å²) in [7, 11) is 1.68. The molecule has 0 aliphatic heterocycles. The van der Waals surface area contributed by atoms with E-state index in [1.54, 1.807) is 7.11 Å². The third-order valence-corrected chi connectivity index (χ3v) is 3.59. The molecule has 1 aliphatic carbocycles. The van der Waals surface area contributed by atoms with Crippen molar-refractivity contribution in [3.05, 3.63) is 35.9 Å². The van der Waals surface area contributed by atoms with Crippen LogP contribution in [0.5, 0.6) is 0 Å². The SMILES string of the molecule is CCC(OC)C(O)C1CC1c1ccccc1. The van der Waals surface area contributed by atoms with Crippen molar-refractivity contribution < 1.29 is 9.84 Å². The Bertz CT molecular complexity index is 319. The molecule has 4 atom stereocenters. The first-order chi connectivity index (χ1) is 7.77. The number of ether oxygens (including phenoxy) is 1. The van der Waals surface area contributed by atoms with E-state index in [0.717, 1.165) is 12.8 Å². The summed E-state index contributed by atoms with van der Waals surface area (Å²) >= 11 is 0. The van der Waals surface area contributed by atoms with Crippen LogP contribution in [-0.4, -0.2) is 24.4 Å². The molecule has 1 N–H and O–H groups in total. The molecule has 1 aromatic carbocycles. The summed E-state index contributed by atoms with van der Waals surface area (Å²) in [6.45, 7) is 2.05. The van der Waals surface area contributed by atoms with Crippen molar-refractivity contribution in [3.63, 3.8) is 0 Å². The van der Waals surface area contributed by atoms with Crippen LogP contribution in [0.25, 0.3) is 0 Å². The molecule has 2 heteroatoms. The van der Waals surface area contributed by atoms with Gasteiger partial charge in [-0.05, 0) is 30.2 Å². The van der Waals surface area contributed by atoms with Crippen molar-refractivity contribution in [2.24, 2.45) is 5.92 Å². The fourth-order valence-electron chi connectivity index (χ4n) is 2.50. The molecule has 1 fully saturated rings. The lowest BCUT2D eigenvalue weighted by Gasteiger charge is -2.20. The van der Waals surface area contributed by atoms with Gasteiger partial charge in [-0.1, -0.05) is 37.3 Å². The van der Waals surface area contributed by atoms with Gasteiger partial charge in [0.15, 0.2) is 0 Å². The fraction of sp³-hybridized carbons (Fsp3) is 0.571. The zero-order chi connectivity index (χ0) is 11.5. The predicted octanol–water partition coefficient (Wildman–Crippen LogP) is 2.58. The van der Waals surface area contributed by atoms with Gasteiger partial charge in [0.2, 0.25) is 0 Å². The molecule has 1 aliphatic rings. The molecule has 0 aromatic heterocycles. The first-order valence-corrected chi connectivity index (χ1v) is 6.03. The lowest BCUT2D eigenvalue weighted by Crippen LogP contribution is -2.29. The summed E-state index contributed by atoms with van der Waals surface area (Å²) < 4.78 is 5.30. The van der Waals surface area contributed by atoms with Gasteiger partial charge in [0.1, 0.15) is 0 Å². The van der Waals surface area contributed by atoms with Gasteiger partial charge in [-0.25, -0.2) is 0 Å². The molecule has 0 spiro atoms. The molecule has 0 heterocycles. The Morgan fingerprint density at radius 1 is 1.38 bits per heavy atom. The number of aliphatic hydroxyl groups excluding tert-OH is 1. The second kappa shape index (κ2) is 4.98. The number of hydrogen-bond acceptors (Lipinski definition) is 2. The van der Waals surface area contributed by atoms with E-state index >= 15 is 0 Å². The molecule has 1 aromatic rings. The van der Waals surface area contributed by atoms with E-state index in [1.165, 1.54) is 5.56 Å². The van der Waals surface area contributed by atoms with Crippen molar-refractivity contribution in [2.75, 3.05) is 7.11 Å². The highest BCUT2D eigenvalue weighted by molar-refractivity contribution is 5.26. The Morgan fingerprint density at radius 3 is 2.62 bits per heavy atom. The maximum absolute atomic E-state index is 10.2. The van der Waals surface area contributed by atoms with E-state index in [1.807, 2.05) is 6.07 Å². The van der Waals surface area contributed by atoms with E-state index in [0.29, 0.717) is 11.8 Å². The van der Waals surface area contributed by atoms with Crippen molar-refractivity contribution in [2.45, 2.75) is 37.9 Å². The van der Waals surface area contributed by atoms with Crippen LogP contribution in [0, 0.1) is 5.92 Å². The summed E-state index contributed by atoms with van der Waals surface area (Å²) in [5.41, 5.74) is 1.34. The van der Waals surface area contributed by atoms with Crippen LogP contribution >= 0.6 is 0 Å². The third kappa shape index (κ3) is 2.28. The zero-order valence-electron chi connectivity index (χ0n) is 9.97. The summed E-state index contributed by atoms with van der Waals surface area (Å²) in [5.74, 6) is 0.910. The summed E-state index contributed by atoms with van der Waals surface area (Å²) in [4.78, 5) is 0. The molecule has 16 heavy (non-hydrogen) atoms. The van der Waals surface area contributed by atoms with Gasteiger partial charge in [0.25, 0.3) is 0 Å². The standard InChI is InChI=1S/C14H20O2/c1-3-13(16-2)14(15)12-9-11(12)10-7-5-4-6-8-10/h4-8,11-15H,3,9H2,1-2H3. The highest BCUT2D eigenvalue weighted by Gasteiger charge is 2.45. The molecule has 2 nitrogen and oxygen atoms in total. The van der Waals surface area contributed by atoms with Crippen LogP contribution in [-0.2, 0) is 4.74 Å². The number of aliphatic hydroxyl groups is 1. The first kappa shape index (κ1) is 11.6. The summed E-state index contributed by atoms with van der Waals surface area (Å²) in [6.07, 6.45) is 1.62. The van der Waals surface area contributed by atoms with Crippen LogP contribution in [0.3, 0.4) is 0 Å². The first-order valence-electron chi connectivity index (χ1n) is 6.03. The van der Waals surface area contributed by atoms with Gasteiger partial charge in [-0.15, -0.1) is 0 Å². The van der Waals surface area contributed by atoms with E-state index in [-0.39, 0.29) is 12.2 Å². The predicted molar refractivity (Wildman–Crippen MR) is 64.4 cm³/mol. The molecule has 0 saturated heterocycles. The second-order valence-corrected chi connectivity index (χ2v) is 4.59. The largest absolute Gasteiger partial charge is 0.390 e. The van der Waals surface area contributed by atoms with E-state index < -0.39 is 0 Å². The van der Waals surface area contributed by atoms with Crippen molar-refractivity contribution in [3.8, 4) is 0 Å². The van der Waals surface area contributed by atoms with E-state index in [2.05, 4.69) is 31.2 Å². The summed E-state index contributed by atoms with van der Waals surface area (Å²) in [5, 5.41) is 10.2. The number of hydrogen-bond donors (Lipinski definition) is 1. The van der Waals surface area contributed by atoms with E-state index in [4.69, 9.17) is 4.74 Å². The quantitative estimate of drug-likeness (QED) is 0.826. The van der Waals surface area contributed by atoms with Crippen molar-refractivity contribution in [1.82, 2.24) is 0 Å². The minimum absolute atomic E-state index is 0.0151. The van der Waals surface area contributed by atoms with Crippen molar-refractivity contribution >= 4 is 0 Å². The molecular weight excluding hydrogens is 200 g/mol. The lowest BCUT2D eigenvalue weighted by molar-refractivity contribution is -0.0251.